The van der Waals surface area contributed by atoms with Crippen LogP contribution in [0.25, 0.3) is 0 Å². The van der Waals surface area contributed by atoms with Crippen molar-refractivity contribution in [1.82, 2.24) is 9.99 Å². The van der Waals surface area contributed by atoms with Gasteiger partial charge >= 0.3 is 0 Å². The highest BCUT2D eigenvalue weighted by Gasteiger charge is 2.59. The third kappa shape index (κ3) is 6.32. The van der Waals surface area contributed by atoms with E-state index >= 15 is 0 Å². The lowest BCUT2D eigenvalue weighted by molar-refractivity contribution is 0.110. The van der Waals surface area contributed by atoms with Crippen molar-refractivity contribution in [3.63, 3.8) is 0 Å². The molecule has 0 bridgehead atoms. The van der Waals surface area contributed by atoms with Crippen LogP contribution in [0.1, 0.15) is 54.2 Å². The van der Waals surface area contributed by atoms with Crippen LogP contribution in [0.15, 0.2) is 77.3 Å². The van der Waals surface area contributed by atoms with Crippen molar-refractivity contribution in [3.05, 3.63) is 99.5 Å². The number of thioether (sulfide) groups is 1. The van der Waals surface area contributed by atoms with Crippen LogP contribution in [0.3, 0.4) is 0 Å². The Labute approximate surface area is 248 Å². The predicted molar refractivity (Wildman–Crippen MR) is 164 cm³/mol. The predicted octanol–water partition coefficient (Wildman–Crippen LogP) is 5.86. The van der Waals surface area contributed by atoms with Crippen molar-refractivity contribution in [2.45, 2.75) is 44.9 Å². The van der Waals surface area contributed by atoms with Crippen LogP contribution >= 0.6 is 11.8 Å². The van der Waals surface area contributed by atoms with Gasteiger partial charge in [0.2, 0.25) is 5.43 Å². The molecule has 2 aliphatic carbocycles. The first-order valence-electron chi connectivity index (χ1n) is 13.6. The highest BCUT2D eigenvalue weighted by atomic mass is 32.2. The zero-order valence-corrected chi connectivity index (χ0v) is 24.7. The number of benzene rings is 1. The number of hydrogen-bond donors (Lipinski definition) is 3. The summed E-state index contributed by atoms with van der Waals surface area (Å²) in [5.41, 5.74) is -0.336. The molecule has 2 fully saturated rings. The van der Waals surface area contributed by atoms with Crippen LogP contribution in [0.4, 0.5) is 8.78 Å². The summed E-state index contributed by atoms with van der Waals surface area (Å²) in [7, 11) is 3.71. The fourth-order valence-electron chi connectivity index (χ4n) is 5.73. The molecule has 1 aromatic carbocycles. The highest BCUT2D eigenvalue weighted by Crippen LogP contribution is 2.57. The Hall–Kier alpha value is -3.83. The second kappa shape index (κ2) is 13.0. The topological polar surface area (TPSA) is 111 Å². The van der Waals surface area contributed by atoms with E-state index in [1.54, 1.807) is 11.6 Å². The molecule has 0 spiro atoms. The number of nitrogens with one attached hydrogen (secondary N) is 3. The molecule has 2 aromatic rings. The normalized spacial score (nSPS) is 21.5. The molecular formula is C31H35F2N5O3S. The summed E-state index contributed by atoms with van der Waals surface area (Å²) in [5, 5.41) is 22.1. The molecule has 0 amide bonds. The molecule has 2 aliphatic rings. The Morgan fingerprint density at radius 3 is 2.57 bits per heavy atom. The van der Waals surface area contributed by atoms with Crippen molar-refractivity contribution >= 4 is 28.1 Å². The molecule has 1 heterocycles. The maximum Gasteiger partial charge on any atom is 0.234 e. The average molecular weight is 596 g/mol. The number of allylic oxidation sites excluding steroid dienone is 5. The van der Waals surface area contributed by atoms with Gasteiger partial charge in [0.1, 0.15) is 34.7 Å². The molecule has 42 heavy (non-hydrogen) atoms. The standard InChI is InChI=1S/C31H35F2N5O3S/c1-5-21(25(33)13-19(2)32)15-27(34)42-30(35)23-16-38(37(4)31(36-3)12-11-22-14-24(22)31)26(17-39)29(28(23)40)41-18-20-9-7-6-8-10-20/h5-10,13,16-17,22,24,34-36H,2,11-12,14-15,18H2,1,3-4H3/b21-5-,25-13+,34-27?,35-30?. The van der Waals surface area contributed by atoms with E-state index in [4.69, 9.17) is 15.6 Å². The lowest BCUT2D eigenvalue weighted by Gasteiger charge is -2.43. The summed E-state index contributed by atoms with van der Waals surface area (Å²) in [5.74, 6) is -1.07. The molecule has 4 rings (SSSR count). The SMILES string of the molecule is C=C(F)/C=C(F)\C(=C/C)CC(=N)SC(=N)c1cn(N(C)C2(NC)CCC3CC32)c(C=O)c(OCc2ccccc2)c1=O. The Balaban J connectivity index is 1.72. The maximum atomic E-state index is 14.4. The molecule has 11 heteroatoms. The lowest BCUT2D eigenvalue weighted by atomic mass is 10.0. The Morgan fingerprint density at radius 2 is 2.02 bits per heavy atom. The van der Waals surface area contributed by atoms with Gasteiger partial charge in [-0.25, -0.2) is 8.78 Å². The Kier molecular flexibility index (Phi) is 9.63. The fourth-order valence-corrected chi connectivity index (χ4v) is 6.46. The van der Waals surface area contributed by atoms with E-state index in [1.165, 1.54) is 12.3 Å². The van der Waals surface area contributed by atoms with Crippen molar-refractivity contribution in [2.75, 3.05) is 19.1 Å². The molecule has 2 saturated carbocycles. The van der Waals surface area contributed by atoms with Gasteiger partial charge in [-0.05, 0) is 56.2 Å². The number of aldehydes is 1. The van der Waals surface area contributed by atoms with Gasteiger partial charge in [-0.3, -0.25) is 35.4 Å². The summed E-state index contributed by atoms with van der Waals surface area (Å²) in [6.07, 6.45) is 6.77. The molecule has 3 atom stereocenters. The smallest absolute Gasteiger partial charge is 0.234 e. The Bertz CT molecular complexity index is 1520. The summed E-state index contributed by atoms with van der Waals surface area (Å²) in [6.45, 7) is 4.61. The van der Waals surface area contributed by atoms with Crippen LogP contribution in [-0.4, -0.2) is 40.8 Å². The van der Waals surface area contributed by atoms with Gasteiger partial charge in [0.05, 0.1) is 10.6 Å². The van der Waals surface area contributed by atoms with Gasteiger partial charge in [0, 0.05) is 25.7 Å². The molecule has 3 unspecified atom stereocenters. The van der Waals surface area contributed by atoms with E-state index in [-0.39, 0.29) is 45.7 Å². The first-order valence-corrected chi connectivity index (χ1v) is 14.4. The number of aromatic nitrogens is 1. The average Bonchev–Trinajstić information content (AvgIpc) is 3.67. The number of halogens is 2. The summed E-state index contributed by atoms with van der Waals surface area (Å²) < 4.78 is 35.0. The first-order chi connectivity index (χ1) is 20.1. The van der Waals surface area contributed by atoms with Crippen LogP contribution < -0.4 is 20.5 Å². The van der Waals surface area contributed by atoms with Gasteiger partial charge in [-0.2, -0.15) is 0 Å². The first kappa shape index (κ1) is 31.1. The fraction of sp³-hybridized carbons (Fsp3) is 0.355. The van der Waals surface area contributed by atoms with Gasteiger partial charge in [-0.1, -0.05) is 54.7 Å². The van der Waals surface area contributed by atoms with Crippen molar-refractivity contribution in [1.29, 1.82) is 10.8 Å². The molecular weight excluding hydrogens is 560 g/mol. The second-order valence-corrected chi connectivity index (χ2v) is 11.6. The number of carbonyl (C=O) groups excluding carboxylic acids is 1. The molecule has 222 valence electrons. The van der Waals surface area contributed by atoms with Gasteiger partial charge < -0.3 is 4.74 Å². The van der Waals surface area contributed by atoms with Crippen LogP contribution in [0, 0.1) is 22.7 Å². The minimum absolute atomic E-state index is 0.0173. The summed E-state index contributed by atoms with van der Waals surface area (Å²) >= 11 is 0.674. The van der Waals surface area contributed by atoms with Crippen LogP contribution in [0.5, 0.6) is 5.75 Å². The van der Waals surface area contributed by atoms with Gasteiger partial charge in [0.25, 0.3) is 0 Å². The second-order valence-electron chi connectivity index (χ2n) is 10.4. The van der Waals surface area contributed by atoms with E-state index in [9.17, 15) is 18.4 Å². The van der Waals surface area contributed by atoms with E-state index in [0.29, 0.717) is 36.0 Å². The van der Waals surface area contributed by atoms with E-state index in [1.807, 2.05) is 49.4 Å². The molecule has 0 saturated heterocycles. The summed E-state index contributed by atoms with van der Waals surface area (Å²) in [6, 6.07) is 9.20. The van der Waals surface area contributed by atoms with E-state index in [0.717, 1.165) is 24.8 Å². The molecule has 3 N–H and O–H groups in total. The highest BCUT2D eigenvalue weighted by molar-refractivity contribution is 8.26. The zero-order valence-electron chi connectivity index (χ0n) is 23.9. The van der Waals surface area contributed by atoms with E-state index < -0.39 is 22.7 Å². The monoisotopic (exact) mass is 595 g/mol. The third-order valence-electron chi connectivity index (χ3n) is 8.04. The largest absolute Gasteiger partial charge is 0.483 e. The van der Waals surface area contributed by atoms with Gasteiger partial charge in [0.15, 0.2) is 12.0 Å². The number of pyridine rings is 1. The number of fused-ring (bicyclic) bond motifs is 1. The number of ether oxygens (including phenoxy) is 1. The van der Waals surface area contributed by atoms with Crippen LogP contribution in [0.2, 0.25) is 0 Å². The van der Waals surface area contributed by atoms with Crippen molar-refractivity contribution in [3.8, 4) is 5.75 Å². The van der Waals surface area contributed by atoms with Crippen LogP contribution in [-0.2, 0) is 6.61 Å². The third-order valence-corrected chi connectivity index (χ3v) is 8.86. The zero-order chi connectivity index (χ0) is 30.6. The molecule has 1 aromatic heterocycles. The number of hydrogen-bond acceptors (Lipinski definition) is 8. The minimum Gasteiger partial charge on any atom is -0.483 e. The molecule has 8 nitrogen and oxygen atoms in total. The lowest BCUT2D eigenvalue weighted by Crippen LogP contribution is -2.61. The molecule has 0 aliphatic heterocycles. The summed E-state index contributed by atoms with van der Waals surface area (Å²) in [4.78, 5) is 26.2. The maximum absolute atomic E-state index is 14.4. The quantitative estimate of drug-likeness (QED) is 0.0932. The molecule has 0 radical (unpaired) electrons. The van der Waals surface area contributed by atoms with Crippen molar-refractivity contribution < 1.29 is 18.3 Å². The number of nitrogens with zero attached hydrogens (tertiary/aromatic N) is 2. The number of carbonyl (C=O) groups is 1. The minimum atomic E-state index is -0.958. The van der Waals surface area contributed by atoms with Crippen molar-refractivity contribution in [2.24, 2.45) is 11.8 Å². The van der Waals surface area contributed by atoms with E-state index in [2.05, 4.69) is 11.9 Å². The van der Waals surface area contributed by atoms with Gasteiger partial charge in [-0.15, -0.1) is 0 Å². The Morgan fingerprint density at radius 1 is 1.31 bits per heavy atom. The number of rotatable bonds is 12.